The molecule has 1 fully saturated rings. The first-order valence-electron chi connectivity index (χ1n) is 6.04. The summed E-state index contributed by atoms with van der Waals surface area (Å²) in [5.41, 5.74) is 0.337. The van der Waals surface area contributed by atoms with Crippen molar-refractivity contribution in [2.75, 3.05) is 13.1 Å². The van der Waals surface area contributed by atoms with Crippen molar-refractivity contribution in [3.8, 4) is 5.75 Å². The normalized spacial score (nSPS) is 19.6. The number of nitrogens with zero attached hydrogens (tertiary/aromatic N) is 1. The van der Waals surface area contributed by atoms with Crippen LogP contribution in [0.1, 0.15) is 23.2 Å². The van der Waals surface area contributed by atoms with E-state index in [9.17, 15) is 13.6 Å². The molecule has 0 spiro atoms. The number of benzene rings is 1. The number of piperidine rings is 1. The van der Waals surface area contributed by atoms with E-state index < -0.39 is 6.61 Å². The molecule has 1 heterocycles. The second-order valence-electron chi connectivity index (χ2n) is 4.40. The molecule has 1 amide bonds. The zero-order chi connectivity index (χ0) is 13.8. The molecular formula is C13H14ClF2NO2. The molecule has 1 aliphatic rings. The fraction of sp³-hybridized carbons (Fsp3) is 0.462. The Balaban J connectivity index is 2.10. The maximum atomic E-state index is 12.2. The van der Waals surface area contributed by atoms with Gasteiger partial charge >= 0.3 is 6.61 Å². The number of hydrogen-bond acceptors (Lipinski definition) is 2. The smallest absolute Gasteiger partial charge is 0.387 e. The second-order valence-corrected chi connectivity index (χ2v) is 5.01. The van der Waals surface area contributed by atoms with Gasteiger partial charge in [0.1, 0.15) is 5.75 Å². The van der Waals surface area contributed by atoms with Gasteiger partial charge in [-0.25, -0.2) is 0 Å². The first kappa shape index (κ1) is 14.1. The van der Waals surface area contributed by atoms with Crippen LogP contribution in [0.5, 0.6) is 5.75 Å². The number of halogens is 3. The molecule has 2 rings (SSSR count). The molecule has 0 bridgehead atoms. The summed E-state index contributed by atoms with van der Waals surface area (Å²) in [4.78, 5) is 13.8. The molecular weight excluding hydrogens is 276 g/mol. The average molecular weight is 290 g/mol. The topological polar surface area (TPSA) is 29.5 Å². The monoisotopic (exact) mass is 289 g/mol. The Kier molecular flexibility index (Phi) is 4.58. The Hall–Kier alpha value is -1.36. The zero-order valence-electron chi connectivity index (χ0n) is 10.2. The van der Waals surface area contributed by atoms with E-state index in [1.807, 2.05) is 0 Å². The summed E-state index contributed by atoms with van der Waals surface area (Å²) in [6.45, 7) is -1.77. The van der Waals surface area contributed by atoms with Gasteiger partial charge in [0.05, 0.1) is 5.38 Å². The van der Waals surface area contributed by atoms with Gasteiger partial charge in [-0.3, -0.25) is 4.79 Å². The summed E-state index contributed by atoms with van der Waals surface area (Å²) < 4.78 is 28.5. The lowest BCUT2D eigenvalue weighted by molar-refractivity contribution is -0.0499. The van der Waals surface area contributed by atoms with Crippen LogP contribution in [-0.4, -0.2) is 35.9 Å². The fourth-order valence-corrected chi connectivity index (χ4v) is 2.42. The van der Waals surface area contributed by atoms with Crippen LogP contribution in [0.15, 0.2) is 24.3 Å². The lowest BCUT2D eigenvalue weighted by Crippen LogP contribution is -2.40. The van der Waals surface area contributed by atoms with Gasteiger partial charge in [0.25, 0.3) is 5.91 Å². The van der Waals surface area contributed by atoms with Crippen LogP contribution in [0.2, 0.25) is 0 Å². The Bertz CT molecular complexity index is 456. The summed E-state index contributed by atoms with van der Waals surface area (Å²) in [5.74, 6) is -0.217. The van der Waals surface area contributed by atoms with Crippen molar-refractivity contribution in [1.82, 2.24) is 4.90 Å². The van der Waals surface area contributed by atoms with Crippen LogP contribution in [-0.2, 0) is 0 Å². The van der Waals surface area contributed by atoms with E-state index in [-0.39, 0.29) is 17.0 Å². The Morgan fingerprint density at radius 3 is 2.95 bits per heavy atom. The predicted octanol–water partition coefficient (Wildman–Crippen LogP) is 3.13. The van der Waals surface area contributed by atoms with Gasteiger partial charge in [-0.15, -0.1) is 11.6 Å². The van der Waals surface area contributed by atoms with Crippen molar-refractivity contribution < 1.29 is 18.3 Å². The number of carbonyl (C=O) groups excluding carboxylic acids is 1. The van der Waals surface area contributed by atoms with Gasteiger partial charge in [-0.05, 0) is 31.0 Å². The van der Waals surface area contributed by atoms with Crippen molar-refractivity contribution in [1.29, 1.82) is 0 Å². The number of carbonyl (C=O) groups is 1. The highest BCUT2D eigenvalue weighted by Crippen LogP contribution is 2.20. The van der Waals surface area contributed by atoms with Gasteiger partial charge in [-0.2, -0.15) is 8.78 Å². The Morgan fingerprint density at radius 1 is 1.47 bits per heavy atom. The lowest BCUT2D eigenvalue weighted by Gasteiger charge is -2.29. The third kappa shape index (κ3) is 3.80. The molecule has 0 aliphatic carbocycles. The van der Waals surface area contributed by atoms with Crippen molar-refractivity contribution in [2.24, 2.45) is 0 Å². The molecule has 3 nitrogen and oxygen atoms in total. The van der Waals surface area contributed by atoms with Gasteiger partial charge < -0.3 is 9.64 Å². The van der Waals surface area contributed by atoms with Crippen LogP contribution < -0.4 is 4.74 Å². The molecule has 0 saturated carbocycles. The van der Waals surface area contributed by atoms with Crippen LogP contribution in [0.4, 0.5) is 8.78 Å². The minimum absolute atomic E-state index is 0.0136. The minimum Gasteiger partial charge on any atom is -0.435 e. The van der Waals surface area contributed by atoms with Crippen LogP contribution in [0.25, 0.3) is 0 Å². The van der Waals surface area contributed by atoms with Crippen molar-refractivity contribution in [3.05, 3.63) is 29.8 Å². The Labute approximate surface area is 115 Å². The number of alkyl halides is 3. The van der Waals surface area contributed by atoms with E-state index in [4.69, 9.17) is 11.6 Å². The van der Waals surface area contributed by atoms with Crippen LogP contribution in [0.3, 0.4) is 0 Å². The van der Waals surface area contributed by atoms with E-state index in [1.165, 1.54) is 18.2 Å². The third-order valence-electron chi connectivity index (χ3n) is 2.96. The SMILES string of the molecule is O=C(c1cccc(OC(F)F)c1)N1CCCC(Cl)C1. The number of ether oxygens (including phenoxy) is 1. The fourth-order valence-electron chi connectivity index (χ4n) is 2.10. The summed E-state index contributed by atoms with van der Waals surface area (Å²) in [7, 11) is 0. The van der Waals surface area contributed by atoms with Gasteiger partial charge in [0, 0.05) is 18.7 Å². The number of rotatable bonds is 3. The maximum absolute atomic E-state index is 12.2. The van der Waals surface area contributed by atoms with Gasteiger partial charge in [-0.1, -0.05) is 6.07 Å². The second kappa shape index (κ2) is 6.19. The van der Waals surface area contributed by atoms with E-state index in [2.05, 4.69) is 4.74 Å². The molecule has 1 atom stereocenters. The molecule has 1 saturated heterocycles. The molecule has 1 aliphatic heterocycles. The van der Waals surface area contributed by atoms with Crippen molar-refractivity contribution >= 4 is 17.5 Å². The maximum Gasteiger partial charge on any atom is 0.387 e. The molecule has 1 aromatic rings. The highest BCUT2D eigenvalue weighted by atomic mass is 35.5. The number of hydrogen-bond donors (Lipinski definition) is 0. The van der Waals surface area contributed by atoms with Gasteiger partial charge in [0.2, 0.25) is 0 Å². The molecule has 1 unspecified atom stereocenters. The Morgan fingerprint density at radius 2 is 2.26 bits per heavy atom. The number of likely N-dealkylation sites (tertiary alicyclic amines) is 1. The lowest BCUT2D eigenvalue weighted by atomic mass is 10.1. The molecule has 0 N–H and O–H groups in total. The van der Waals surface area contributed by atoms with E-state index in [1.54, 1.807) is 11.0 Å². The van der Waals surface area contributed by atoms with Crippen LogP contribution >= 0.6 is 11.6 Å². The first-order valence-corrected chi connectivity index (χ1v) is 6.48. The minimum atomic E-state index is -2.90. The van der Waals surface area contributed by atoms with E-state index >= 15 is 0 Å². The van der Waals surface area contributed by atoms with E-state index in [0.29, 0.717) is 18.7 Å². The van der Waals surface area contributed by atoms with E-state index in [0.717, 1.165) is 12.8 Å². The average Bonchev–Trinajstić information content (AvgIpc) is 2.37. The summed E-state index contributed by atoms with van der Waals surface area (Å²) >= 11 is 6.03. The molecule has 104 valence electrons. The van der Waals surface area contributed by atoms with Crippen LogP contribution in [0, 0.1) is 0 Å². The molecule has 6 heteroatoms. The molecule has 1 aromatic carbocycles. The first-order chi connectivity index (χ1) is 9.06. The largest absolute Gasteiger partial charge is 0.435 e. The standard InChI is InChI=1S/C13H14ClF2NO2/c14-10-4-2-6-17(8-10)12(18)9-3-1-5-11(7-9)19-13(15)16/h1,3,5,7,10,13H,2,4,6,8H2. The summed E-state index contributed by atoms with van der Waals surface area (Å²) in [5, 5.41) is -0.0433. The number of amides is 1. The zero-order valence-corrected chi connectivity index (χ0v) is 10.9. The molecule has 0 aromatic heterocycles. The quantitative estimate of drug-likeness (QED) is 0.800. The van der Waals surface area contributed by atoms with Crippen molar-refractivity contribution in [3.63, 3.8) is 0 Å². The van der Waals surface area contributed by atoms with Gasteiger partial charge in [0.15, 0.2) is 0 Å². The highest BCUT2D eigenvalue weighted by molar-refractivity contribution is 6.21. The van der Waals surface area contributed by atoms with Crippen molar-refractivity contribution in [2.45, 2.75) is 24.8 Å². The molecule has 0 radical (unpaired) electrons. The summed E-state index contributed by atoms with van der Waals surface area (Å²) in [6, 6.07) is 5.82. The predicted molar refractivity (Wildman–Crippen MR) is 67.9 cm³/mol. The molecule has 19 heavy (non-hydrogen) atoms. The summed E-state index contributed by atoms with van der Waals surface area (Å²) in [6.07, 6.45) is 1.74. The highest BCUT2D eigenvalue weighted by Gasteiger charge is 2.23. The third-order valence-corrected chi connectivity index (χ3v) is 3.31.